The number of rotatable bonds is 2. The average molecular weight is 328 g/mol. The summed E-state index contributed by atoms with van der Waals surface area (Å²) in [5.74, 6) is 1.15. The summed E-state index contributed by atoms with van der Waals surface area (Å²) in [4.78, 5) is 12.0. The first-order chi connectivity index (χ1) is 9.88. The Hall–Kier alpha value is -0.930. The fraction of sp³-hybridized carbons (Fsp3) is 0.562. The number of carbonyl (C=O) groups is 1. The molecule has 0 saturated heterocycles. The summed E-state index contributed by atoms with van der Waals surface area (Å²) >= 11 is 11.8. The van der Waals surface area contributed by atoms with Gasteiger partial charge in [0.25, 0.3) is 0 Å². The fourth-order valence-electron chi connectivity index (χ4n) is 3.95. The predicted octanol–water partition coefficient (Wildman–Crippen LogP) is 5.37. The van der Waals surface area contributed by atoms with Crippen molar-refractivity contribution >= 4 is 35.0 Å². The highest BCUT2D eigenvalue weighted by Gasteiger charge is 2.54. The van der Waals surface area contributed by atoms with E-state index in [1.54, 1.807) is 18.2 Å². The lowest BCUT2D eigenvalue weighted by Gasteiger charge is -2.26. The zero-order valence-electron chi connectivity index (χ0n) is 12.2. The van der Waals surface area contributed by atoms with Gasteiger partial charge in [0.2, 0.25) is 0 Å². The van der Waals surface area contributed by atoms with Crippen molar-refractivity contribution in [1.82, 2.24) is 0 Å². The highest BCUT2D eigenvalue weighted by molar-refractivity contribution is 6.42. The summed E-state index contributed by atoms with van der Waals surface area (Å²) in [5.41, 5.74) is 0.881. The molecule has 1 aromatic carbocycles. The molecule has 0 aliphatic heterocycles. The molecular weight excluding hydrogens is 309 g/mol. The SMILES string of the molecule is CC1(C)[C@H]2CC[C@H]1[C@@H](OC(=O)Nc1ccc(Cl)c(Cl)c1)C2. The van der Waals surface area contributed by atoms with Gasteiger partial charge in [0, 0.05) is 11.6 Å². The normalized spacial score (nSPS) is 29.4. The van der Waals surface area contributed by atoms with Crippen molar-refractivity contribution in [1.29, 1.82) is 0 Å². The first kappa shape index (κ1) is 15.0. The number of carbonyl (C=O) groups excluding carboxylic acids is 1. The number of ether oxygens (including phenoxy) is 1. The highest BCUT2D eigenvalue weighted by Crippen LogP contribution is 2.58. The van der Waals surface area contributed by atoms with Gasteiger partial charge in [-0.1, -0.05) is 37.0 Å². The molecular formula is C16H19Cl2NO2. The van der Waals surface area contributed by atoms with E-state index < -0.39 is 6.09 Å². The molecule has 1 aromatic rings. The van der Waals surface area contributed by atoms with Crippen LogP contribution in [0, 0.1) is 17.3 Å². The highest BCUT2D eigenvalue weighted by atomic mass is 35.5. The van der Waals surface area contributed by atoms with Crippen LogP contribution < -0.4 is 5.32 Å². The second kappa shape index (κ2) is 5.36. The monoisotopic (exact) mass is 327 g/mol. The van der Waals surface area contributed by atoms with Crippen LogP contribution in [0.1, 0.15) is 33.1 Å². The third-order valence-corrected chi connectivity index (χ3v) is 5.96. The van der Waals surface area contributed by atoms with E-state index in [0.29, 0.717) is 27.6 Å². The molecule has 0 radical (unpaired) electrons. The number of benzene rings is 1. The zero-order chi connectivity index (χ0) is 15.2. The lowest BCUT2D eigenvalue weighted by molar-refractivity contribution is 0.0642. The molecule has 5 heteroatoms. The summed E-state index contributed by atoms with van der Waals surface area (Å²) < 4.78 is 5.63. The van der Waals surface area contributed by atoms with Gasteiger partial charge in [-0.15, -0.1) is 0 Å². The largest absolute Gasteiger partial charge is 0.446 e. The van der Waals surface area contributed by atoms with Gasteiger partial charge in [0.1, 0.15) is 6.10 Å². The molecule has 2 saturated carbocycles. The second-order valence-corrected chi connectivity index (χ2v) is 7.45. The number of nitrogens with one attached hydrogen (secondary N) is 1. The lowest BCUT2D eigenvalue weighted by Crippen LogP contribution is -2.29. The molecule has 3 rings (SSSR count). The number of hydrogen-bond donors (Lipinski definition) is 1. The number of anilines is 1. The molecule has 2 aliphatic carbocycles. The average Bonchev–Trinajstić information content (AvgIpc) is 2.82. The van der Waals surface area contributed by atoms with E-state index in [9.17, 15) is 4.79 Å². The van der Waals surface area contributed by atoms with Crippen molar-refractivity contribution in [3.8, 4) is 0 Å². The van der Waals surface area contributed by atoms with E-state index >= 15 is 0 Å². The third-order valence-electron chi connectivity index (χ3n) is 5.22. The topological polar surface area (TPSA) is 38.3 Å². The van der Waals surface area contributed by atoms with E-state index in [1.165, 1.54) is 6.42 Å². The molecule has 0 aromatic heterocycles. The van der Waals surface area contributed by atoms with Crippen molar-refractivity contribution < 1.29 is 9.53 Å². The summed E-state index contributed by atoms with van der Waals surface area (Å²) in [6.45, 7) is 4.57. The fourth-order valence-corrected chi connectivity index (χ4v) is 4.25. The van der Waals surface area contributed by atoms with E-state index in [1.807, 2.05) is 0 Å². The molecule has 0 spiro atoms. The van der Waals surface area contributed by atoms with E-state index in [0.717, 1.165) is 12.8 Å². The predicted molar refractivity (Wildman–Crippen MR) is 85.0 cm³/mol. The summed E-state index contributed by atoms with van der Waals surface area (Å²) in [7, 11) is 0. The van der Waals surface area contributed by atoms with E-state index in [4.69, 9.17) is 27.9 Å². The lowest BCUT2D eigenvalue weighted by atomic mass is 9.82. The third kappa shape index (κ3) is 2.74. The maximum Gasteiger partial charge on any atom is 0.411 e. The molecule has 114 valence electrons. The van der Waals surface area contributed by atoms with Crippen molar-refractivity contribution in [3.05, 3.63) is 28.2 Å². The molecule has 0 unspecified atom stereocenters. The smallest absolute Gasteiger partial charge is 0.411 e. The summed E-state index contributed by atoms with van der Waals surface area (Å²) in [6, 6.07) is 4.98. The van der Waals surface area contributed by atoms with Crippen LogP contribution in [0.25, 0.3) is 0 Å². The van der Waals surface area contributed by atoms with Crippen LogP contribution in [0.15, 0.2) is 18.2 Å². The first-order valence-corrected chi connectivity index (χ1v) is 8.06. The Bertz CT molecular complexity index is 573. The van der Waals surface area contributed by atoms with E-state index in [-0.39, 0.29) is 11.5 Å². The van der Waals surface area contributed by atoms with Crippen LogP contribution in [0.3, 0.4) is 0 Å². The van der Waals surface area contributed by atoms with Crippen molar-refractivity contribution in [2.75, 3.05) is 5.32 Å². The standard InChI is InChI=1S/C16H19Cl2NO2/c1-16(2)9-3-5-11(16)14(7-9)21-15(20)19-10-4-6-12(17)13(18)8-10/h4,6,8-9,11,14H,3,5,7H2,1-2H3,(H,19,20)/t9-,11-,14-/m0/s1. The van der Waals surface area contributed by atoms with Gasteiger partial charge in [-0.05, 0) is 48.8 Å². The van der Waals surface area contributed by atoms with Gasteiger partial charge in [-0.3, -0.25) is 5.32 Å². The van der Waals surface area contributed by atoms with Crippen molar-refractivity contribution in [2.45, 2.75) is 39.2 Å². The first-order valence-electron chi connectivity index (χ1n) is 7.30. The van der Waals surface area contributed by atoms with Gasteiger partial charge >= 0.3 is 6.09 Å². The Morgan fingerprint density at radius 3 is 2.62 bits per heavy atom. The molecule has 21 heavy (non-hydrogen) atoms. The van der Waals surface area contributed by atoms with Gasteiger partial charge in [0.15, 0.2) is 0 Å². The molecule has 2 fully saturated rings. The minimum absolute atomic E-state index is 0.0292. The second-order valence-electron chi connectivity index (χ2n) is 6.64. The van der Waals surface area contributed by atoms with E-state index in [2.05, 4.69) is 19.2 Å². The molecule has 2 aliphatic rings. The van der Waals surface area contributed by atoms with Gasteiger partial charge < -0.3 is 4.74 Å². The zero-order valence-corrected chi connectivity index (χ0v) is 13.7. The van der Waals surface area contributed by atoms with Crippen molar-refractivity contribution in [3.63, 3.8) is 0 Å². The molecule has 3 atom stereocenters. The Labute approximate surface area is 135 Å². The summed E-state index contributed by atoms with van der Waals surface area (Å²) in [6.07, 6.45) is 3.00. The molecule has 2 bridgehead atoms. The Morgan fingerprint density at radius 1 is 1.29 bits per heavy atom. The molecule has 1 N–H and O–H groups in total. The number of hydrogen-bond acceptors (Lipinski definition) is 2. The molecule has 1 amide bonds. The summed E-state index contributed by atoms with van der Waals surface area (Å²) in [5, 5.41) is 3.60. The Balaban J connectivity index is 1.61. The van der Waals surface area contributed by atoms with Crippen LogP contribution in [0.4, 0.5) is 10.5 Å². The Morgan fingerprint density at radius 2 is 2.05 bits per heavy atom. The van der Waals surface area contributed by atoms with Gasteiger partial charge in [-0.2, -0.15) is 0 Å². The van der Waals surface area contributed by atoms with Crippen LogP contribution in [-0.4, -0.2) is 12.2 Å². The van der Waals surface area contributed by atoms with Crippen molar-refractivity contribution in [2.24, 2.45) is 17.3 Å². The maximum absolute atomic E-state index is 12.0. The Kier molecular flexibility index (Phi) is 3.83. The number of fused-ring (bicyclic) bond motifs is 2. The number of amides is 1. The minimum atomic E-state index is -0.415. The van der Waals surface area contributed by atoms with Crippen LogP contribution in [0.2, 0.25) is 10.0 Å². The quantitative estimate of drug-likeness (QED) is 0.793. The maximum atomic E-state index is 12.0. The minimum Gasteiger partial charge on any atom is -0.446 e. The van der Waals surface area contributed by atoms with Crippen LogP contribution >= 0.6 is 23.2 Å². The van der Waals surface area contributed by atoms with Gasteiger partial charge in [0.05, 0.1) is 10.0 Å². The van der Waals surface area contributed by atoms with Crippen LogP contribution in [-0.2, 0) is 4.74 Å². The molecule has 0 heterocycles. The van der Waals surface area contributed by atoms with Gasteiger partial charge in [-0.25, -0.2) is 4.79 Å². The van der Waals surface area contributed by atoms with Crippen LogP contribution in [0.5, 0.6) is 0 Å². The number of halogens is 2. The molecule has 3 nitrogen and oxygen atoms in total.